The standard InChI is InChI=1S/C24H23F2IN4O2/c1-13-11-18(12-30(4)23(13)33)28-21(16-5-7-17(8-6-16)24(25,26)27)20-14(2)29-31(19-9-10-19)22(20)15(3)32/h5-9,11-12,21,28H,10H2,1-4H3. The number of benzene rings is 1. The van der Waals surface area contributed by atoms with Gasteiger partial charge in [0.05, 0.1) is 17.4 Å². The van der Waals surface area contributed by atoms with E-state index in [1.807, 2.05) is 13.0 Å². The molecule has 33 heavy (non-hydrogen) atoms. The first kappa shape index (κ1) is 23.3. The quantitative estimate of drug-likeness (QED) is 0.239. The Morgan fingerprint density at radius 3 is 2.39 bits per heavy atom. The van der Waals surface area contributed by atoms with Crippen molar-refractivity contribution in [2.75, 3.05) is 5.32 Å². The molecule has 0 aliphatic heterocycles. The Bertz CT molecular complexity index is 1310. The highest BCUT2D eigenvalue weighted by molar-refractivity contribution is 14.1. The van der Waals surface area contributed by atoms with Gasteiger partial charge in [0.1, 0.15) is 5.69 Å². The second-order valence-electron chi connectivity index (χ2n) is 8.24. The fraction of sp³-hybridized carbons (Fsp3) is 0.292. The molecule has 1 aliphatic carbocycles. The summed E-state index contributed by atoms with van der Waals surface area (Å²) in [5.74, 6) is -0.141. The van der Waals surface area contributed by atoms with Gasteiger partial charge in [0.2, 0.25) is 0 Å². The van der Waals surface area contributed by atoms with E-state index >= 15 is 0 Å². The Morgan fingerprint density at radius 2 is 1.88 bits per heavy atom. The summed E-state index contributed by atoms with van der Waals surface area (Å²) in [6.07, 6.45) is 4.42. The molecule has 1 atom stereocenters. The predicted octanol–water partition coefficient (Wildman–Crippen LogP) is 5.33. The molecule has 0 radical (unpaired) electrons. The van der Waals surface area contributed by atoms with Gasteiger partial charge in [-0.05, 0) is 25.5 Å². The third-order valence-corrected chi connectivity index (χ3v) is 6.26. The molecule has 2 aromatic heterocycles. The monoisotopic (exact) mass is 564 g/mol. The molecule has 3 aromatic rings. The Labute approximate surface area is 203 Å². The fourth-order valence-corrected chi connectivity index (χ4v) is 4.32. The largest absolute Gasteiger partial charge is 0.373 e. The highest BCUT2D eigenvalue weighted by atomic mass is 127. The highest BCUT2D eigenvalue weighted by Crippen LogP contribution is 2.38. The van der Waals surface area contributed by atoms with Gasteiger partial charge in [-0.15, -0.1) is 0 Å². The molecule has 9 heteroatoms. The first-order chi connectivity index (χ1) is 15.5. The summed E-state index contributed by atoms with van der Waals surface area (Å²) in [5, 5.41) is 8.01. The van der Waals surface area contributed by atoms with E-state index in [1.165, 1.54) is 23.6 Å². The third kappa shape index (κ3) is 4.64. The lowest BCUT2D eigenvalue weighted by Gasteiger charge is -2.23. The smallest absolute Gasteiger partial charge is 0.321 e. The average Bonchev–Trinajstić information content (AvgIpc) is 3.52. The van der Waals surface area contributed by atoms with E-state index in [-0.39, 0.29) is 16.9 Å². The molecule has 0 fully saturated rings. The number of ketones is 1. The van der Waals surface area contributed by atoms with Crippen molar-refractivity contribution in [2.45, 2.75) is 37.2 Å². The molecule has 0 spiro atoms. The van der Waals surface area contributed by atoms with E-state index in [9.17, 15) is 18.4 Å². The molecule has 6 nitrogen and oxygen atoms in total. The van der Waals surface area contributed by atoms with E-state index < -0.39 is 9.97 Å². The van der Waals surface area contributed by atoms with Gasteiger partial charge < -0.3 is 9.88 Å². The first-order valence-electron chi connectivity index (χ1n) is 10.4. The number of allylic oxidation sites excluding steroid dienone is 2. The molecule has 0 saturated heterocycles. The maximum Gasteiger partial charge on any atom is 0.321 e. The maximum atomic E-state index is 13.8. The number of anilines is 1. The molecule has 2 heterocycles. The Kier molecular flexibility index (Phi) is 6.02. The van der Waals surface area contributed by atoms with Crippen LogP contribution in [0.5, 0.6) is 0 Å². The van der Waals surface area contributed by atoms with Crippen LogP contribution < -0.4 is 10.9 Å². The minimum Gasteiger partial charge on any atom is -0.373 e. The number of nitrogens with one attached hydrogen (secondary N) is 1. The van der Waals surface area contributed by atoms with Crippen molar-refractivity contribution >= 4 is 39.8 Å². The number of hydrogen-bond acceptors (Lipinski definition) is 4. The summed E-state index contributed by atoms with van der Waals surface area (Å²) in [6, 6.07) is 7.22. The van der Waals surface area contributed by atoms with Crippen LogP contribution in [0.4, 0.5) is 14.5 Å². The minimum absolute atomic E-state index is 0.106. The summed E-state index contributed by atoms with van der Waals surface area (Å²) >= 11 is 1.10. The molecule has 0 bridgehead atoms. The van der Waals surface area contributed by atoms with Crippen LogP contribution in [0.25, 0.3) is 5.70 Å². The summed E-state index contributed by atoms with van der Waals surface area (Å²) < 4.78 is 27.7. The van der Waals surface area contributed by atoms with Crippen molar-refractivity contribution in [1.82, 2.24) is 14.3 Å². The lowest BCUT2D eigenvalue weighted by molar-refractivity contribution is 0.100. The van der Waals surface area contributed by atoms with E-state index in [0.29, 0.717) is 33.8 Å². The summed E-state index contributed by atoms with van der Waals surface area (Å²) in [6.45, 7) is 5.05. The zero-order valence-corrected chi connectivity index (χ0v) is 20.8. The van der Waals surface area contributed by atoms with Crippen LogP contribution in [0.15, 0.2) is 47.4 Å². The highest BCUT2D eigenvalue weighted by Gasteiger charge is 2.31. The molecular formula is C24H23F2IN4O2. The van der Waals surface area contributed by atoms with Gasteiger partial charge in [0, 0.05) is 71.6 Å². The van der Waals surface area contributed by atoms with Gasteiger partial charge in [-0.1, -0.05) is 30.3 Å². The molecule has 0 amide bonds. The van der Waals surface area contributed by atoms with Gasteiger partial charge in [-0.3, -0.25) is 9.59 Å². The molecule has 1 N–H and O–H groups in total. The van der Waals surface area contributed by atoms with Gasteiger partial charge in [0.25, 0.3) is 5.56 Å². The molecule has 4 rings (SSSR count). The molecular weight excluding hydrogens is 541 g/mol. The number of nitrogens with zero attached hydrogens (tertiary/aromatic N) is 3. The maximum absolute atomic E-state index is 13.8. The number of Topliss-reactive ketones (excluding diaryl/α,β-unsaturated/α-hetero) is 1. The molecule has 0 saturated carbocycles. The number of pyridine rings is 1. The zero-order valence-electron chi connectivity index (χ0n) is 18.6. The van der Waals surface area contributed by atoms with Crippen molar-refractivity contribution in [3.8, 4) is 0 Å². The summed E-state index contributed by atoms with van der Waals surface area (Å²) in [7, 11) is 1.66. The molecule has 1 unspecified atom stereocenters. The number of rotatable bonds is 7. The number of aryl methyl sites for hydroxylation is 3. The number of halogens is 3. The Balaban J connectivity index is 1.88. The predicted molar refractivity (Wildman–Crippen MR) is 132 cm³/mol. The van der Waals surface area contributed by atoms with E-state index in [0.717, 1.165) is 34.7 Å². The van der Waals surface area contributed by atoms with Crippen LogP contribution in [-0.4, -0.2) is 20.1 Å². The summed E-state index contributed by atoms with van der Waals surface area (Å²) in [4.78, 5) is 24.9. The topological polar surface area (TPSA) is 68.9 Å². The number of carbonyl (C=O) groups is 1. The minimum atomic E-state index is -2.99. The normalized spacial score (nSPS) is 14.1. The van der Waals surface area contributed by atoms with Crippen LogP contribution in [0, 0.1) is 13.8 Å². The van der Waals surface area contributed by atoms with Gasteiger partial charge >= 0.3 is 3.93 Å². The third-order valence-electron chi connectivity index (χ3n) is 5.63. The number of hydrogen-bond donors (Lipinski definition) is 1. The second kappa shape index (κ2) is 8.51. The van der Waals surface area contributed by atoms with E-state index in [4.69, 9.17) is 0 Å². The van der Waals surface area contributed by atoms with Crippen LogP contribution in [0.3, 0.4) is 0 Å². The van der Waals surface area contributed by atoms with Crippen molar-refractivity contribution < 1.29 is 13.6 Å². The zero-order chi connectivity index (χ0) is 24.1. The number of aromatic nitrogens is 3. The Hall–Kier alpha value is -2.82. The number of alkyl halides is 3. The van der Waals surface area contributed by atoms with Crippen LogP contribution in [0.1, 0.15) is 57.8 Å². The lowest BCUT2D eigenvalue weighted by atomic mass is 9.94. The van der Waals surface area contributed by atoms with Crippen molar-refractivity contribution in [2.24, 2.45) is 7.05 Å². The van der Waals surface area contributed by atoms with Gasteiger partial charge in [-0.2, -0.15) is 13.9 Å². The lowest BCUT2D eigenvalue weighted by Crippen LogP contribution is -2.22. The molecule has 1 aromatic carbocycles. The van der Waals surface area contributed by atoms with Crippen molar-refractivity contribution in [3.63, 3.8) is 0 Å². The SMILES string of the molecule is CC(=O)c1c(C(Nc2cc(C)c(=O)n(C)c2)c2ccc(C(F)(F)I)cc2)c(C)nn1C1=CC1. The summed E-state index contributed by atoms with van der Waals surface area (Å²) in [5.41, 5.74) is 4.45. The fourth-order valence-electron chi connectivity index (χ4n) is 3.96. The van der Waals surface area contributed by atoms with E-state index in [1.54, 1.807) is 43.0 Å². The Morgan fingerprint density at radius 1 is 1.24 bits per heavy atom. The van der Waals surface area contributed by atoms with Gasteiger partial charge in [-0.25, -0.2) is 4.68 Å². The second-order valence-corrected chi connectivity index (χ2v) is 9.60. The molecule has 172 valence electrons. The van der Waals surface area contributed by atoms with Crippen LogP contribution in [0.2, 0.25) is 0 Å². The number of carbonyl (C=O) groups excluding carboxylic acids is 1. The molecule has 1 aliphatic rings. The average molecular weight is 564 g/mol. The van der Waals surface area contributed by atoms with Crippen molar-refractivity contribution in [1.29, 1.82) is 0 Å². The van der Waals surface area contributed by atoms with E-state index in [2.05, 4.69) is 10.4 Å². The van der Waals surface area contributed by atoms with Crippen LogP contribution in [-0.2, 0) is 11.0 Å². The van der Waals surface area contributed by atoms with Crippen LogP contribution >= 0.6 is 22.6 Å². The van der Waals surface area contributed by atoms with Crippen molar-refractivity contribution in [3.05, 3.63) is 86.6 Å². The van der Waals surface area contributed by atoms with Gasteiger partial charge in [0.15, 0.2) is 5.78 Å². The first-order valence-corrected chi connectivity index (χ1v) is 11.5.